The molecule has 0 amide bonds. The molecule has 0 radical (unpaired) electrons. The lowest BCUT2D eigenvalue weighted by Crippen LogP contribution is -2.33. The first kappa shape index (κ1) is 14.6. The molecule has 0 unspecified atom stereocenters. The molecule has 2 bridgehead atoms. The van der Waals surface area contributed by atoms with Gasteiger partial charge in [0.2, 0.25) is 0 Å². The molecular formula is C16H22N2O2S. The molecule has 2 fully saturated rings. The lowest BCUT2D eigenvalue weighted by molar-refractivity contribution is 0.333. The number of nitrogens with one attached hydrogen (secondary N) is 1. The molecule has 1 aromatic carbocycles. The van der Waals surface area contributed by atoms with Crippen molar-refractivity contribution in [1.82, 2.24) is 4.83 Å². The zero-order valence-electron chi connectivity index (χ0n) is 12.8. The van der Waals surface area contributed by atoms with Gasteiger partial charge >= 0.3 is 0 Å². The smallest absolute Gasteiger partial charge is 0.200 e. The highest BCUT2D eigenvalue weighted by Gasteiger charge is 2.50. The predicted octanol–water partition coefficient (Wildman–Crippen LogP) is 3.09. The molecule has 1 N–H and O–H groups in total. The zero-order valence-corrected chi connectivity index (χ0v) is 13.6. The van der Waals surface area contributed by atoms with Gasteiger partial charge in [0.05, 0.1) is 4.90 Å². The van der Waals surface area contributed by atoms with Gasteiger partial charge in [0.1, 0.15) is 0 Å². The van der Waals surface area contributed by atoms with Gasteiger partial charge in [-0.3, -0.25) is 0 Å². The van der Waals surface area contributed by atoms with E-state index in [1.807, 2.05) is 6.92 Å². The number of rotatable bonds is 3. The van der Waals surface area contributed by atoms with Crippen LogP contribution in [0.4, 0.5) is 0 Å². The zero-order chi connectivity index (χ0) is 15.3. The number of hydrazone groups is 1. The number of hydrogen-bond acceptors (Lipinski definition) is 3. The van der Waals surface area contributed by atoms with E-state index in [1.54, 1.807) is 24.3 Å². The van der Waals surface area contributed by atoms with Crippen molar-refractivity contribution in [2.75, 3.05) is 0 Å². The third-order valence-electron chi connectivity index (χ3n) is 5.12. The highest BCUT2D eigenvalue weighted by Crippen LogP contribution is 2.53. The normalized spacial score (nSPS) is 29.0. The van der Waals surface area contributed by atoms with Crippen molar-refractivity contribution in [2.45, 2.75) is 44.9 Å². The van der Waals surface area contributed by atoms with Crippen LogP contribution in [0.1, 0.15) is 38.7 Å². The SMILES string of the molecule is Cc1ccc(S(=O)(=O)N/N=C2\[C@H]3CC[C@@H](C3)C2(C)C)cc1. The maximum Gasteiger partial charge on any atom is 0.276 e. The maximum absolute atomic E-state index is 12.3. The van der Waals surface area contributed by atoms with E-state index in [2.05, 4.69) is 23.8 Å². The predicted molar refractivity (Wildman–Crippen MR) is 83.5 cm³/mol. The summed E-state index contributed by atoms with van der Waals surface area (Å²) in [4.78, 5) is 2.70. The number of benzene rings is 1. The van der Waals surface area contributed by atoms with Crippen molar-refractivity contribution in [3.63, 3.8) is 0 Å². The Hall–Kier alpha value is -1.36. The van der Waals surface area contributed by atoms with Crippen LogP contribution in [0.25, 0.3) is 0 Å². The minimum atomic E-state index is -3.57. The lowest BCUT2D eigenvalue weighted by atomic mass is 9.75. The van der Waals surface area contributed by atoms with Crippen molar-refractivity contribution in [2.24, 2.45) is 22.4 Å². The van der Waals surface area contributed by atoms with Crippen LogP contribution in [-0.4, -0.2) is 14.1 Å². The van der Waals surface area contributed by atoms with E-state index in [0.29, 0.717) is 11.8 Å². The van der Waals surface area contributed by atoms with Crippen molar-refractivity contribution >= 4 is 15.7 Å². The van der Waals surface area contributed by atoms with E-state index in [1.165, 1.54) is 6.42 Å². The number of sulfonamides is 1. The van der Waals surface area contributed by atoms with Crippen LogP contribution in [-0.2, 0) is 10.0 Å². The first-order valence-corrected chi connectivity index (χ1v) is 8.95. The fourth-order valence-corrected chi connectivity index (χ4v) is 4.55. The summed E-state index contributed by atoms with van der Waals surface area (Å²) in [5.41, 5.74) is 2.07. The van der Waals surface area contributed by atoms with Gasteiger partial charge < -0.3 is 0 Å². The Bertz CT molecular complexity index is 675. The van der Waals surface area contributed by atoms with Crippen LogP contribution in [0, 0.1) is 24.2 Å². The average molecular weight is 306 g/mol. The number of hydrogen-bond donors (Lipinski definition) is 1. The van der Waals surface area contributed by atoms with Gasteiger partial charge in [-0.15, -0.1) is 0 Å². The van der Waals surface area contributed by atoms with Crippen LogP contribution in [0.3, 0.4) is 0 Å². The molecule has 0 aliphatic heterocycles. The summed E-state index contributed by atoms with van der Waals surface area (Å²) < 4.78 is 24.6. The molecule has 3 rings (SSSR count). The number of aryl methyl sites for hydroxylation is 1. The van der Waals surface area contributed by atoms with E-state index in [0.717, 1.165) is 24.1 Å². The van der Waals surface area contributed by atoms with E-state index >= 15 is 0 Å². The van der Waals surface area contributed by atoms with Crippen LogP contribution in [0.2, 0.25) is 0 Å². The van der Waals surface area contributed by atoms with Crippen LogP contribution >= 0.6 is 0 Å². The quantitative estimate of drug-likeness (QED) is 0.872. The van der Waals surface area contributed by atoms with Crippen molar-refractivity contribution in [3.05, 3.63) is 29.8 Å². The summed E-state index contributed by atoms with van der Waals surface area (Å²) in [5.74, 6) is 1.09. The molecular weight excluding hydrogens is 284 g/mol. The van der Waals surface area contributed by atoms with Crippen molar-refractivity contribution < 1.29 is 8.42 Å². The molecule has 0 aromatic heterocycles. The van der Waals surface area contributed by atoms with Crippen LogP contribution < -0.4 is 4.83 Å². The summed E-state index contributed by atoms with van der Waals surface area (Å²) in [6.45, 7) is 6.29. The summed E-state index contributed by atoms with van der Waals surface area (Å²) in [5, 5.41) is 4.31. The molecule has 2 aliphatic carbocycles. The third-order valence-corrected chi connectivity index (χ3v) is 6.34. The van der Waals surface area contributed by atoms with E-state index in [9.17, 15) is 8.42 Å². The summed E-state index contributed by atoms with van der Waals surface area (Å²) in [6.07, 6.45) is 3.53. The van der Waals surface area contributed by atoms with Crippen molar-refractivity contribution in [1.29, 1.82) is 0 Å². The first-order chi connectivity index (χ1) is 9.80. The average Bonchev–Trinajstić information content (AvgIpc) is 2.96. The minimum absolute atomic E-state index is 0.0126. The Kier molecular flexibility index (Phi) is 3.35. The molecule has 4 nitrogen and oxygen atoms in total. The first-order valence-electron chi connectivity index (χ1n) is 7.47. The Morgan fingerprint density at radius 1 is 1.19 bits per heavy atom. The molecule has 5 heteroatoms. The number of fused-ring (bicyclic) bond motifs is 2. The van der Waals surface area contributed by atoms with Crippen molar-refractivity contribution in [3.8, 4) is 0 Å². The second-order valence-electron chi connectivity index (χ2n) is 6.83. The number of nitrogens with zero attached hydrogens (tertiary/aromatic N) is 1. The fraction of sp³-hybridized carbons (Fsp3) is 0.562. The second kappa shape index (κ2) is 4.83. The summed E-state index contributed by atoms with van der Waals surface area (Å²) in [6, 6.07) is 6.82. The van der Waals surface area contributed by atoms with Gasteiger partial charge in [0.15, 0.2) is 0 Å². The molecule has 2 aliphatic rings. The highest BCUT2D eigenvalue weighted by atomic mass is 32.2. The molecule has 0 saturated heterocycles. The maximum atomic E-state index is 12.3. The van der Waals surface area contributed by atoms with Gasteiger partial charge in [-0.1, -0.05) is 31.5 Å². The Morgan fingerprint density at radius 2 is 1.86 bits per heavy atom. The molecule has 21 heavy (non-hydrogen) atoms. The molecule has 114 valence electrons. The minimum Gasteiger partial charge on any atom is -0.200 e. The van der Waals surface area contributed by atoms with E-state index in [4.69, 9.17) is 0 Å². The van der Waals surface area contributed by atoms with Gasteiger partial charge in [-0.05, 0) is 50.2 Å². The Labute approximate surface area is 126 Å². The molecule has 2 atom stereocenters. The lowest BCUT2D eigenvalue weighted by Gasteiger charge is -2.31. The molecule has 0 spiro atoms. The Balaban J connectivity index is 1.84. The van der Waals surface area contributed by atoms with Gasteiger partial charge in [0, 0.05) is 11.1 Å². The summed E-state index contributed by atoms with van der Waals surface area (Å²) >= 11 is 0. The van der Waals surface area contributed by atoms with Crippen LogP contribution in [0.15, 0.2) is 34.3 Å². The topological polar surface area (TPSA) is 58.5 Å². The molecule has 2 saturated carbocycles. The third kappa shape index (κ3) is 2.48. The summed E-state index contributed by atoms with van der Waals surface area (Å²) in [7, 11) is -3.57. The van der Waals surface area contributed by atoms with Crippen LogP contribution in [0.5, 0.6) is 0 Å². The van der Waals surface area contributed by atoms with E-state index < -0.39 is 10.0 Å². The van der Waals surface area contributed by atoms with Gasteiger partial charge in [-0.25, -0.2) is 4.83 Å². The van der Waals surface area contributed by atoms with Gasteiger partial charge in [-0.2, -0.15) is 13.5 Å². The largest absolute Gasteiger partial charge is 0.276 e. The molecule has 1 aromatic rings. The standard InChI is InChI=1S/C16H22N2O2S/c1-11-4-8-14(9-5-11)21(19,20)18-17-15-12-6-7-13(10-12)16(15,2)3/h4-5,8-9,12-13,18H,6-7,10H2,1-3H3/b17-15+/t12-,13-/m0/s1. The second-order valence-corrected chi connectivity index (χ2v) is 8.49. The Morgan fingerprint density at radius 3 is 2.43 bits per heavy atom. The van der Waals surface area contributed by atoms with Gasteiger partial charge in [0.25, 0.3) is 10.0 Å². The fourth-order valence-electron chi connectivity index (χ4n) is 3.74. The monoisotopic (exact) mass is 306 g/mol. The van der Waals surface area contributed by atoms with E-state index in [-0.39, 0.29) is 10.3 Å². The highest BCUT2D eigenvalue weighted by molar-refractivity contribution is 7.89. The molecule has 0 heterocycles.